The van der Waals surface area contributed by atoms with Gasteiger partial charge in [0.15, 0.2) is 5.82 Å². The maximum atomic E-state index is 4.22. The van der Waals surface area contributed by atoms with Crippen molar-refractivity contribution in [2.24, 2.45) is 11.8 Å². The normalized spacial score (nSPS) is 23.4. The zero-order valence-corrected chi connectivity index (χ0v) is 13.2. The van der Waals surface area contributed by atoms with E-state index in [9.17, 15) is 0 Å². The van der Waals surface area contributed by atoms with Crippen LogP contribution in [0.4, 0.5) is 0 Å². The second kappa shape index (κ2) is 7.72. The Bertz CT molecular complexity index is 379. The van der Waals surface area contributed by atoms with Gasteiger partial charge in [-0.25, -0.2) is 4.68 Å². The molecular formula is C15H29N5. The van der Waals surface area contributed by atoms with Gasteiger partial charge in [0, 0.05) is 0 Å². The van der Waals surface area contributed by atoms with Crippen LogP contribution in [0.3, 0.4) is 0 Å². The molecule has 0 aromatic carbocycles. The minimum Gasteiger partial charge on any atom is -0.310 e. The second-order valence-electron chi connectivity index (χ2n) is 6.53. The molecule has 114 valence electrons. The van der Waals surface area contributed by atoms with Crippen molar-refractivity contribution in [3.63, 3.8) is 0 Å². The number of hydrogen-bond donors (Lipinski definition) is 1. The van der Waals surface area contributed by atoms with E-state index in [0.717, 1.165) is 24.8 Å². The van der Waals surface area contributed by atoms with E-state index in [0.29, 0.717) is 12.0 Å². The Morgan fingerprint density at radius 2 is 2.00 bits per heavy atom. The molecule has 1 heterocycles. The van der Waals surface area contributed by atoms with Gasteiger partial charge in [-0.05, 0) is 54.5 Å². The summed E-state index contributed by atoms with van der Waals surface area (Å²) in [6, 6.07) is 0.508. The summed E-state index contributed by atoms with van der Waals surface area (Å²) in [5.41, 5.74) is 0. The highest BCUT2D eigenvalue weighted by atomic mass is 15.6. The van der Waals surface area contributed by atoms with Crippen molar-refractivity contribution in [3.05, 3.63) is 5.82 Å². The molecule has 1 aromatic heterocycles. The molecule has 0 amide bonds. The quantitative estimate of drug-likeness (QED) is 0.833. The smallest absolute Gasteiger partial charge is 0.165 e. The van der Waals surface area contributed by atoms with Crippen molar-refractivity contribution in [1.82, 2.24) is 25.5 Å². The molecule has 1 saturated carbocycles. The van der Waals surface area contributed by atoms with Crippen LogP contribution in [0.25, 0.3) is 0 Å². The number of rotatable bonds is 7. The molecule has 5 heteroatoms. The maximum Gasteiger partial charge on any atom is 0.165 e. The van der Waals surface area contributed by atoms with Gasteiger partial charge in [-0.1, -0.05) is 33.6 Å². The lowest BCUT2D eigenvalue weighted by atomic mass is 9.83. The lowest BCUT2D eigenvalue weighted by Gasteiger charge is -2.28. The van der Waals surface area contributed by atoms with Crippen LogP contribution in [0, 0.1) is 11.8 Å². The summed E-state index contributed by atoms with van der Waals surface area (Å²) >= 11 is 0. The van der Waals surface area contributed by atoms with E-state index in [1.54, 1.807) is 0 Å². The Labute approximate surface area is 122 Å². The Balaban J connectivity index is 1.85. The topological polar surface area (TPSA) is 55.6 Å². The average molecular weight is 279 g/mol. The Hall–Kier alpha value is -0.970. The molecule has 0 saturated heterocycles. The summed E-state index contributed by atoms with van der Waals surface area (Å²) in [7, 11) is 0. The van der Waals surface area contributed by atoms with Crippen LogP contribution < -0.4 is 5.32 Å². The molecule has 0 unspecified atom stereocenters. The molecule has 20 heavy (non-hydrogen) atoms. The first-order valence-electron chi connectivity index (χ1n) is 8.18. The summed E-state index contributed by atoms with van der Waals surface area (Å²) in [5.74, 6) is 2.57. The van der Waals surface area contributed by atoms with Gasteiger partial charge in [0.25, 0.3) is 0 Å². The average Bonchev–Trinajstić information content (AvgIpc) is 2.88. The summed E-state index contributed by atoms with van der Waals surface area (Å²) < 4.78 is 2.06. The van der Waals surface area contributed by atoms with E-state index in [-0.39, 0.29) is 0 Å². The van der Waals surface area contributed by atoms with Gasteiger partial charge in [-0.3, -0.25) is 0 Å². The van der Waals surface area contributed by atoms with Crippen LogP contribution in [0.1, 0.15) is 71.2 Å². The fraction of sp³-hybridized carbons (Fsp3) is 0.933. The van der Waals surface area contributed by atoms with E-state index >= 15 is 0 Å². The fourth-order valence-electron chi connectivity index (χ4n) is 3.17. The van der Waals surface area contributed by atoms with Crippen LogP contribution >= 0.6 is 0 Å². The Morgan fingerprint density at radius 1 is 1.25 bits per heavy atom. The predicted octanol–water partition coefficient (Wildman–Crippen LogP) is 2.95. The van der Waals surface area contributed by atoms with Crippen LogP contribution in [0.2, 0.25) is 0 Å². The van der Waals surface area contributed by atoms with Crippen molar-refractivity contribution in [2.75, 3.05) is 6.54 Å². The van der Waals surface area contributed by atoms with Gasteiger partial charge in [0.05, 0.1) is 12.6 Å². The summed E-state index contributed by atoms with van der Waals surface area (Å²) in [5, 5.41) is 15.7. The van der Waals surface area contributed by atoms with Crippen molar-refractivity contribution < 1.29 is 0 Å². The van der Waals surface area contributed by atoms with Gasteiger partial charge in [0.1, 0.15) is 0 Å². The highest BCUT2D eigenvalue weighted by molar-refractivity contribution is 4.86. The lowest BCUT2D eigenvalue weighted by molar-refractivity contribution is 0.243. The van der Waals surface area contributed by atoms with Gasteiger partial charge in [0.2, 0.25) is 0 Å². The van der Waals surface area contributed by atoms with E-state index < -0.39 is 0 Å². The third-order valence-electron chi connectivity index (χ3n) is 4.26. The highest BCUT2D eigenvalue weighted by Gasteiger charge is 2.24. The van der Waals surface area contributed by atoms with Crippen LogP contribution in [-0.4, -0.2) is 26.8 Å². The molecular weight excluding hydrogens is 250 g/mol. The zero-order chi connectivity index (χ0) is 14.4. The monoisotopic (exact) mass is 279 g/mol. The summed E-state index contributed by atoms with van der Waals surface area (Å²) in [6.45, 7) is 8.50. The summed E-state index contributed by atoms with van der Waals surface area (Å²) in [4.78, 5) is 0. The molecule has 0 aliphatic heterocycles. The first kappa shape index (κ1) is 15.4. The second-order valence-corrected chi connectivity index (χ2v) is 6.53. The lowest BCUT2D eigenvalue weighted by Crippen LogP contribution is -2.25. The predicted molar refractivity (Wildman–Crippen MR) is 80.3 cm³/mol. The maximum absolute atomic E-state index is 4.22. The van der Waals surface area contributed by atoms with Gasteiger partial charge in [-0.2, -0.15) is 0 Å². The van der Waals surface area contributed by atoms with Crippen molar-refractivity contribution in [1.29, 1.82) is 0 Å². The fourth-order valence-corrected chi connectivity index (χ4v) is 3.17. The molecule has 1 N–H and O–H groups in total. The van der Waals surface area contributed by atoms with E-state index in [4.69, 9.17) is 0 Å². The van der Waals surface area contributed by atoms with Crippen molar-refractivity contribution in [2.45, 2.75) is 71.9 Å². The number of hydrogen-bond acceptors (Lipinski definition) is 4. The minimum atomic E-state index is 0.508. The molecule has 5 nitrogen and oxygen atoms in total. The minimum absolute atomic E-state index is 0.508. The Kier molecular flexibility index (Phi) is 5.95. The van der Waals surface area contributed by atoms with Crippen LogP contribution in [-0.2, 0) is 6.54 Å². The molecule has 1 fully saturated rings. The van der Waals surface area contributed by atoms with Crippen molar-refractivity contribution >= 4 is 0 Å². The molecule has 1 aromatic rings. The number of nitrogens with zero attached hydrogens (tertiary/aromatic N) is 4. The molecule has 0 atom stereocenters. The third kappa shape index (κ3) is 4.27. The van der Waals surface area contributed by atoms with Crippen LogP contribution in [0.5, 0.6) is 0 Å². The SMILES string of the molecule is CCCC1CCC(n2nnnc2CNCC(C)C)CC1. The highest BCUT2D eigenvalue weighted by Crippen LogP contribution is 2.34. The third-order valence-corrected chi connectivity index (χ3v) is 4.26. The largest absolute Gasteiger partial charge is 0.310 e. The number of aromatic nitrogens is 4. The van der Waals surface area contributed by atoms with E-state index in [2.05, 4.69) is 46.3 Å². The first-order chi connectivity index (χ1) is 9.70. The molecule has 1 aliphatic rings. The number of nitrogens with one attached hydrogen (secondary N) is 1. The van der Waals surface area contributed by atoms with E-state index in [1.165, 1.54) is 38.5 Å². The Morgan fingerprint density at radius 3 is 2.65 bits per heavy atom. The molecule has 0 radical (unpaired) electrons. The van der Waals surface area contributed by atoms with Gasteiger partial charge < -0.3 is 5.32 Å². The van der Waals surface area contributed by atoms with Crippen molar-refractivity contribution in [3.8, 4) is 0 Å². The molecule has 0 bridgehead atoms. The standard InChI is InChI=1S/C15H29N5/c1-4-5-13-6-8-14(9-7-13)20-15(17-18-19-20)11-16-10-12(2)3/h12-14,16H,4-11H2,1-3H3. The number of tetrazole rings is 1. The van der Waals surface area contributed by atoms with Gasteiger partial charge in [-0.15, -0.1) is 5.10 Å². The molecule has 1 aliphatic carbocycles. The zero-order valence-electron chi connectivity index (χ0n) is 13.2. The molecule has 0 spiro atoms. The van der Waals surface area contributed by atoms with Crippen LogP contribution in [0.15, 0.2) is 0 Å². The summed E-state index contributed by atoms with van der Waals surface area (Å²) in [6.07, 6.45) is 7.81. The van der Waals surface area contributed by atoms with Gasteiger partial charge >= 0.3 is 0 Å². The molecule has 2 rings (SSSR count). The van der Waals surface area contributed by atoms with E-state index in [1.807, 2.05) is 0 Å². The first-order valence-corrected chi connectivity index (χ1v) is 8.18.